The van der Waals surface area contributed by atoms with Gasteiger partial charge in [0.1, 0.15) is 0 Å². The molecule has 2 aromatic rings. The van der Waals surface area contributed by atoms with Crippen LogP contribution in [0.25, 0.3) is 0 Å². The summed E-state index contributed by atoms with van der Waals surface area (Å²) >= 11 is 0. The van der Waals surface area contributed by atoms with E-state index < -0.39 is 5.97 Å². The zero-order chi connectivity index (χ0) is 12.3. The highest BCUT2D eigenvalue weighted by atomic mass is 16.5. The maximum absolute atomic E-state index is 10.6. The number of aromatic nitrogens is 1. The largest absolute Gasteiger partial charge is 0.475 e. The zero-order valence-corrected chi connectivity index (χ0v) is 9.46. The minimum absolute atomic E-state index is 0.111. The fourth-order valence-corrected chi connectivity index (χ4v) is 1.72. The summed E-state index contributed by atoms with van der Waals surface area (Å²) in [5.74, 6) is -0.917. The Bertz CT molecular complexity index is 504. The molecule has 0 radical (unpaired) electrons. The molecular weight excluding hydrogens is 218 g/mol. The maximum atomic E-state index is 10.6. The molecule has 0 amide bonds. The zero-order valence-electron chi connectivity index (χ0n) is 9.46. The molecule has 4 nitrogen and oxygen atoms in total. The molecule has 1 N–H and O–H groups in total. The Kier molecular flexibility index (Phi) is 3.23. The van der Waals surface area contributed by atoms with Crippen LogP contribution in [0.1, 0.15) is 34.7 Å². The monoisotopic (exact) mass is 231 g/mol. The van der Waals surface area contributed by atoms with Gasteiger partial charge in [0.25, 0.3) is 0 Å². The van der Waals surface area contributed by atoms with Gasteiger partial charge in [-0.2, -0.15) is 0 Å². The number of rotatable bonds is 4. The lowest BCUT2D eigenvalue weighted by Gasteiger charge is -2.08. The van der Waals surface area contributed by atoms with Gasteiger partial charge in [-0.25, -0.2) is 4.79 Å². The lowest BCUT2D eigenvalue weighted by Crippen LogP contribution is -1.98. The third kappa shape index (κ3) is 2.72. The molecule has 2 rings (SSSR count). The molecule has 0 saturated carbocycles. The maximum Gasteiger partial charge on any atom is 0.374 e. The number of nitrogens with zero attached hydrogens (tertiary/aromatic N) is 1. The van der Waals surface area contributed by atoms with Crippen LogP contribution in [-0.4, -0.2) is 16.2 Å². The molecule has 1 heterocycles. The van der Waals surface area contributed by atoms with Gasteiger partial charge in [-0.3, -0.25) is 0 Å². The number of hydrogen-bond acceptors (Lipinski definition) is 3. The van der Waals surface area contributed by atoms with Gasteiger partial charge >= 0.3 is 5.97 Å². The summed E-state index contributed by atoms with van der Waals surface area (Å²) in [5.41, 5.74) is 1.87. The van der Waals surface area contributed by atoms with Gasteiger partial charge in [0.15, 0.2) is 0 Å². The van der Waals surface area contributed by atoms with Crippen molar-refractivity contribution < 1.29 is 14.4 Å². The SMILES string of the molecule is CC(Cc1cc(C(=O)O)on1)c1ccccc1. The third-order valence-corrected chi connectivity index (χ3v) is 2.65. The molecule has 0 saturated heterocycles. The third-order valence-electron chi connectivity index (χ3n) is 2.65. The Morgan fingerprint density at radius 3 is 2.71 bits per heavy atom. The molecule has 0 aliphatic rings. The number of carboxylic acid groups (broad SMARTS) is 1. The molecule has 1 unspecified atom stereocenters. The van der Waals surface area contributed by atoms with E-state index in [1.165, 1.54) is 11.6 Å². The van der Waals surface area contributed by atoms with Gasteiger partial charge in [-0.15, -0.1) is 0 Å². The van der Waals surface area contributed by atoms with Crippen LogP contribution in [0.15, 0.2) is 40.9 Å². The van der Waals surface area contributed by atoms with Gasteiger partial charge in [-0.1, -0.05) is 42.4 Å². The van der Waals surface area contributed by atoms with Crippen molar-refractivity contribution >= 4 is 5.97 Å². The number of carboxylic acids is 1. The van der Waals surface area contributed by atoms with E-state index in [0.717, 1.165) is 0 Å². The molecule has 88 valence electrons. The van der Waals surface area contributed by atoms with E-state index in [1.807, 2.05) is 30.3 Å². The molecule has 0 spiro atoms. The van der Waals surface area contributed by atoms with Crippen LogP contribution in [0, 0.1) is 0 Å². The van der Waals surface area contributed by atoms with Crippen molar-refractivity contribution in [3.05, 3.63) is 53.4 Å². The molecule has 1 atom stereocenters. The summed E-state index contributed by atoms with van der Waals surface area (Å²) in [5, 5.41) is 12.5. The van der Waals surface area contributed by atoms with E-state index >= 15 is 0 Å². The topological polar surface area (TPSA) is 63.3 Å². The smallest absolute Gasteiger partial charge is 0.374 e. The van der Waals surface area contributed by atoms with Crippen molar-refractivity contribution in [3.8, 4) is 0 Å². The minimum atomic E-state index is -1.09. The Morgan fingerprint density at radius 1 is 1.41 bits per heavy atom. The Labute approximate surface area is 98.9 Å². The van der Waals surface area contributed by atoms with Crippen molar-refractivity contribution in [1.82, 2.24) is 5.16 Å². The minimum Gasteiger partial charge on any atom is -0.475 e. The first-order chi connectivity index (χ1) is 8.16. The number of hydrogen-bond donors (Lipinski definition) is 1. The molecule has 0 aliphatic heterocycles. The van der Waals surface area contributed by atoms with Gasteiger partial charge in [0.2, 0.25) is 5.76 Å². The Hall–Kier alpha value is -2.10. The number of carbonyl (C=O) groups is 1. The Balaban J connectivity index is 2.08. The lowest BCUT2D eigenvalue weighted by molar-refractivity contribution is 0.0652. The average Bonchev–Trinajstić information content (AvgIpc) is 2.79. The van der Waals surface area contributed by atoms with E-state index in [0.29, 0.717) is 12.1 Å². The van der Waals surface area contributed by atoms with Crippen LogP contribution >= 0.6 is 0 Å². The van der Waals surface area contributed by atoms with E-state index in [2.05, 4.69) is 12.1 Å². The van der Waals surface area contributed by atoms with Crippen molar-refractivity contribution in [2.45, 2.75) is 19.3 Å². The summed E-state index contributed by atoms with van der Waals surface area (Å²) in [6.45, 7) is 2.07. The van der Waals surface area contributed by atoms with E-state index in [-0.39, 0.29) is 11.7 Å². The quantitative estimate of drug-likeness (QED) is 0.878. The summed E-state index contributed by atoms with van der Waals surface area (Å²) in [6.07, 6.45) is 0.667. The van der Waals surface area contributed by atoms with Gasteiger partial charge in [-0.05, 0) is 17.9 Å². The number of aromatic carboxylic acids is 1. The van der Waals surface area contributed by atoms with Gasteiger partial charge in [0.05, 0.1) is 5.69 Å². The fraction of sp³-hybridized carbons (Fsp3) is 0.231. The molecule has 4 heteroatoms. The first kappa shape index (κ1) is 11.4. The summed E-state index contributed by atoms with van der Waals surface area (Å²) < 4.78 is 4.71. The molecule has 1 aromatic carbocycles. The standard InChI is InChI=1S/C13H13NO3/c1-9(10-5-3-2-4-6-10)7-11-8-12(13(15)16)17-14-11/h2-6,8-9H,7H2,1H3,(H,15,16). The van der Waals surface area contributed by atoms with Crippen LogP contribution < -0.4 is 0 Å². The van der Waals surface area contributed by atoms with Crippen molar-refractivity contribution in [2.75, 3.05) is 0 Å². The van der Waals surface area contributed by atoms with Crippen LogP contribution in [-0.2, 0) is 6.42 Å². The van der Waals surface area contributed by atoms with Crippen molar-refractivity contribution in [3.63, 3.8) is 0 Å². The summed E-state index contributed by atoms with van der Waals surface area (Å²) in [6, 6.07) is 11.5. The second-order valence-electron chi connectivity index (χ2n) is 4.00. The highest BCUT2D eigenvalue weighted by Crippen LogP contribution is 2.19. The Morgan fingerprint density at radius 2 is 2.12 bits per heavy atom. The molecule has 0 bridgehead atoms. The number of benzene rings is 1. The molecule has 17 heavy (non-hydrogen) atoms. The van der Waals surface area contributed by atoms with Crippen molar-refractivity contribution in [1.29, 1.82) is 0 Å². The first-order valence-electron chi connectivity index (χ1n) is 5.40. The van der Waals surface area contributed by atoms with Crippen LogP contribution in [0.4, 0.5) is 0 Å². The summed E-state index contributed by atoms with van der Waals surface area (Å²) in [4.78, 5) is 10.6. The lowest BCUT2D eigenvalue weighted by atomic mass is 9.96. The van der Waals surface area contributed by atoms with Gasteiger partial charge in [0, 0.05) is 6.07 Å². The van der Waals surface area contributed by atoms with Gasteiger partial charge < -0.3 is 9.63 Å². The van der Waals surface area contributed by atoms with Crippen LogP contribution in [0.3, 0.4) is 0 Å². The molecule has 0 aliphatic carbocycles. The van der Waals surface area contributed by atoms with Crippen LogP contribution in [0.5, 0.6) is 0 Å². The van der Waals surface area contributed by atoms with E-state index in [9.17, 15) is 4.79 Å². The first-order valence-corrected chi connectivity index (χ1v) is 5.40. The molecule has 1 aromatic heterocycles. The second-order valence-corrected chi connectivity index (χ2v) is 4.00. The van der Waals surface area contributed by atoms with Crippen molar-refractivity contribution in [2.24, 2.45) is 0 Å². The highest BCUT2D eigenvalue weighted by Gasteiger charge is 2.13. The second kappa shape index (κ2) is 4.82. The molecular formula is C13H13NO3. The van der Waals surface area contributed by atoms with E-state index in [1.54, 1.807) is 0 Å². The predicted molar refractivity (Wildman–Crippen MR) is 62.0 cm³/mol. The highest BCUT2D eigenvalue weighted by molar-refractivity contribution is 5.84. The summed E-state index contributed by atoms with van der Waals surface area (Å²) in [7, 11) is 0. The van der Waals surface area contributed by atoms with Crippen LogP contribution in [0.2, 0.25) is 0 Å². The molecule has 0 fully saturated rings. The predicted octanol–water partition coefficient (Wildman–Crippen LogP) is 2.72. The van der Waals surface area contributed by atoms with E-state index in [4.69, 9.17) is 9.63 Å². The normalized spacial score (nSPS) is 12.3. The fourth-order valence-electron chi connectivity index (χ4n) is 1.72. The average molecular weight is 231 g/mol.